The van der Waals surface area contributed by atoms with E-state index in [0.717, 1.165) is 25.2 Å². The number of anilines is 1. The van der Waals surface area contributed by atoms with Crippen LogP contribution in [0.1, 0.15) is 12.8 Å². The summed E-state index contributed by atoms with van der Waals surface area (Å²) in [4.78, 5) is 14.3. The molecule has 3 unspecified atom stereocenters. The molecule has 1 aromatic carbocycles. The van der Waals surface area contributed by atoms with Crippen molar-refractivity contribution in [2.75, 3.05) is 25.0 Å². The van der Waals surface area contributed by atoms with Crippen molar-refractivity contribution in [1.82, 2.24) is 4.90 Å². The minimum Gasteiger partial charge on any atom is -0.327 e. The summed E-state index contributed by atoms with van der Waals surface area (Å²) < 4.78 is 0. The quantitative estimate of drug-likeness (QED) is 0.895. The zero-order valence-electron chi connectivity index (χ0n) is 11.8. The Morgan fingerprint density at radius 1 is 1.38 bits per heavy atom. The van der Waals surface area contributed by atoms with Crippen LogP contribution in [-0.2, 0) is 4.79 Å². The van der Waals surface area contributed by atoms with Gasteiger partial charge in [-0.3, -0.25) is 9.69 Å². The third kappa shape index (κ3) is 3.89. The number of nitrogens with zero attached hydrogens (tertiary/aromatic N) is 1. The molecule has 3 atom stereocenters. The number of nitrogens with one attached hydrogen (secondary N) is 1. The van der Waals surface area contributed by atoms with Crippen LogP contribution in [0.3, 0.4) is 0 Å². The van der Waals surface area contributed by atoms with Gasteiger partial charge in [-0.05, 0) is 42.9 Å². The van der Waals surface area contributed by atoms with E-state index in [-0.39, 0.29) is 18.3 Å². The number of nitrogens with two attached hydrogens (primary N) is 1. The number of hydrogen-bond donors (Lipinski definition) is 2. The fraction of sp³-hybridized carbons (Fsp3) is 0.533. The first kappa shape index (κ1) is 16.6. The van der Waals surface area contributed by atoms with Gasteiger partial charge in [-0.15, -0.1) is 12.4 Å². The van der Waals surface area contributed by atoms with Crippen LogP contribution in [0.15, 0.2) is 24.3 Å². The smallest absolute Gasteiger partial charge is 0.238 e. The topological polar surface area (TPSA) is 58.4 Å². The summed E-state index contributed by atoms with van der Waals surface area (Å²) in [6.07, 6.45) is 2.34. The highest BCUT2D eigenvalue weighted by Gasteiger charge is 2.41. The predicted octanol–water partition coefficient (Wildman–Crippen LogP) is 2.37. The lowest BCUT2D eigenvalue weighted by Crippen LogP contribution is -2.34. The minimum absolute atomic E-state index is 0. The molecule has 1 saturated heterocycles. The SMILES string of the molecule is Cl.NC1CCC2CN(CC(=O)Nc3cccc(Cl)c3)CC12. The number of hydrogen-bond acceptors (Lipinski definition) is 3. The fourth-order valence-electron chi connectivity index (χ4n) is 3.50. The molecule has 21 heavy (non-hydrogen) atoms. The molecule has 2 fully saturated rings. The third-order valence-corrected chi connectivity index (χ3v) is 4.70. The maximum atomic E-state index is 12.1. The number of fused-ring (bicyclic) bond motifs is 1. The summed E-state index contributed by atoms with van der Waals surface area (Å²) in [6, 6.07) is 7.55. The number of carbonyl (C=O) groups is 1. The van der Waals surface area contributed by atoms with Crippen LogP contribution in [0.4, 0.5) is 5.69 Å². The standard InChI is InChI=1S/C15H20ClN3O.ClH/c16-11-2-1-3-12(6-11)18-15(20)9-19-7-10-4-5-14(17)13(10)8-19;/h1-3,6,10,13-14H,4-5,7-9,17H2,(H,18,20);1H. The van der Waals surface area contributed by atoms with Gasteiger partial charge in [0.25, 0.3) is 0 Å². The Morgan fingerprint density at radius 3 is 2.90 bits per heavy atom. The van der Waals surface area contributed by atoms with Crippen molar-refractivity contribution in [2.24, 2.45) is 17.6 Å². The number of rotatable bonds is 3. The number of amides is 1. The first-order valence-electron chi connectivity index (χ1n) is 7.15. The van der Waals surface area contributed by atoms with Crippen molar-refractivity contribution in [2.45, 2.75) is 18.9 Å². The average molecular weight is 330 g/mol. The Hall–Kier alpha value is -0.810. The molecule has 4 nitrogen and oxygen atoms in total. The van der Waals surface area contributed by atoms with Crippen LogP contribution in [0.5, 0.6) is 0 Å². The number of halogens is 2. The van der Waals surface area contributed by atoms with E-state index < -0.39 is 0 Å². The van der Waals surface area contributed by atoms with Crippen LogP contribution in [0.25, 0.3) is 0 Å². The normalized spacial score (nSPS) is 28.0. The van der Waals surface area contributed by atoms with Gasteiger partial charge >= 0.3 is 0 Å². The van der Waals surface area contributed by atoms with Crippen LogP contribution >= 0.6 is 24.0 Å². The Balaban J connectivity index is 0.00000161. The molecule has 0 spiro atoms. The molecule has 1 aliphatic heterocycles. The summed E-state index contributed by atoms with van der Waals surface area (Å²) in [7, 11) is 0. The molecule has 3 N–H and O–H groups in total. The fourth-order valence-corrected chi connectivity index (χ4v) is 3.69. The zero-order valence-corrected chi connectivity index (χ0v) is 13.4. The van der Waals surface area contributed by atoms with Gasteiger partial charge in [-0.25, -0.2) is 0 Å². The molecule has 1 amide bonds. The molecule has 2 aliphatic rings. The van der Waals surface area contributed by atoms with Gasteiger partial charge < -0.3 is 11.1 Å². The maximum absolute atomic E-state index is 12.1. The van der Waals surface area contributed by atoms with Crippen molar-refractivity contribution in [3.05, 3.63) is 29.3 Å². The largest absolute Gasteiger partial charge is 0.327 e. The lowest BCUT2D eigenvalue weighted by Gasteiger charge is -2.17. The summed E-state index contributed by atoms with van der Waals surface area (Å²) in [5.74, 6) is 1.28. The molecule has 116 valence electrons. The highest BCUT2D eigenvalue weighted by molar-refractivity contribution is 6.30. The van der Waals surface area contributed by atoms with Crippen molar-refractivity contribution in [3.8, 4) is 0 Å². The Morgan fingerprint density at radius 2 is 2.19 bits per heavy atom. The molecule has 1 heterocycles. The highest BCUT2D eigenvalue weighted by Crippen LogP contribution is 2.36. The number of benzene rings is 1. The van der Waals surface area contributed by atoms with Gasteiger partial charge in [0.2, 0.25) is 5.91 Å². The summed E-state index contributed by atoms with van der Waals surface area (Å²) in [5.41, 5.74) is 6.86. The van der Waals surface area contributed by atoms with Crippen molar-refractivity contribution in [3.63, 3.8) is 0 Å². The molecule has 0 radical (unpaired) electrons. The van der Waals surface area contributed by atoms with Gasteiger partial charge in [-0.2, -0.15) is 0 Å². The van der Waals surface area contributed by atoms with Crippen molar-refractivity contribution < 1.29 is 4.79 Å². The summed E-state index contributed by atoms with van der Waals surface area (Å²) in [5, 5.41) is 3.52. The molecule has 1 aromatic rings. The van der Waals surface area contributed by atoms with Crippen LogP contribution in [0.2, 0.25) is 5.02 Å². The Kier molecular flexibility index (Phi) is 5.49. The number of carbonyl (C=O) groups excluding carboxylic acids is 1. The molecule has 6 heteroatoms. The second-order valence-corrected chi connectivity index (χ2v) is 6.35. The van der Waals surface area contributed by atoms with E-state index in [1.807, 2.05) is 12.1 Å². The average Bonchev–Trinajstić information content (AvgIpc) is 2.92. The Bertz CT molecular complexity index is 511. The van der Waals surface area contributed by atoms with Gasteiger partial charge in [0.1, 0.15) is 0 Å². The van der Waals surface area contributed by atoms with E-state index in [2.05, 4.69) is 10.2 Å². The maximum Gasteiger partial charge on any atom is 0.238 e. The molecule has 0 aromatic heterocycles. The highest BCUT2D eigenvalue weighted by atomic mass is 35.5. The van der Waals surface area contributed by atoms with E-state index in [1.54, 1.807) is 12.1 Å². The van der Waals surface area contributed by atoms with Gasteiger partial charge in [-0.1, -0.05) is 17.7 Å². The van der Waals surface area contributed by atoms with Gasteiger partial charge in [0.05, 0.1) is 6.54 Å². The van der Waals surface area contributed by atoms with Gasteiger partial charge in [0.15, 0.2) is 0 Å². The van der Waals surface area contributed by atoms with E-state index >= 15 is 0 Å². The van der Waals surface area contributed by atoms with E-state index in [4.69, 9.17) is 17.3 Å². The lowest BCUT2D eigenvalue weighted by molar-refractivity contribution is -0.117. The minimum atomic E-state index is 0. The molecule has 3 rings (SSSR count). The first-order valence-corrected chi connectivity index (χ1v) is 7.53. The molecule has 0 bridgehead atoms. The predicted molar refractivity (Wildman–Crippen MR) is 88.0 cm³/mol. The molecular weight excluding hydrogens is 309 g/mol. The van der Waals surface area contributed by atoms with E-state index in [9.17, 15) is 4.79 Å². The number of likely N-dealkylation sites (tertiary alicyclic amines) is 1. The molecule has 1 saturated carbocycles. The second kappa shape index (κ2) is 6.97. The van der Waals surface area contributed by atoms with Crippen LogP contribution < -0.4 is 11.1 Å². The lowest BCUT2D eigenvalue weighted by atomic mass is 9.98. The van der Waals surface area contributed by atoms with E-state index in [1.165, 1.54) is 6.42 Å². The molecule has 1 aliphatic carbocycles. The van der Waals surface area contributed by atoms with E-state index in [0.29, 0.717) is 29.4 Å². The zero-order chi connectivity index (χ0) is 14.1. The van der Waals surface area contributed by atoms with Crippen molar-refractivity contribution >= 4 is 35.6 Å². The Labute approximate surface area is 136 Å². The first-order chi connectivity index (χ1) is 9.61. The van der Waals surface area contributed by atoms with Crippen molar-refractivity contribution in [1.29, 1.82) is 0 Å². The van der Waals surface area contributed by atoms with Crippen LogP contribution in [-0.4, -0.2) is 36.5 Å². The summed E-state index contributed by atoms with van der Waals surface area (Å²) >= 11 is 5.90. The van der Waals surface area contributed by atoms with Crippen LogP contribution in [0, 0.1) is 11.8 Å². The second-order valence-electron chi connectivity index (χ2n) is 5.92. The van der Waals surface area contributed by atoms with Gasteiger partial charge in [0, 0.05) is 29.8 Å². The monoisotopic (exact) mass is 329 g/mol. The summed E-state index contributed by atoms with van der Waals surface area (Å²) in [6.45, 7) is 2.39. The molecular formula is C15H21Cl2N3O. The third-order valence-electron chi connectivity index (χ3n) is 4.46.